The van der Waals surface area contributed by atoms with Crippen molar-refractivity contribution in [3.63, 3.8) is 0 Å². The maximum Gasteiger partial charge on any atom is 0.185 e. The number of thiazole rings is 1. The molecule has 5 nitrogen and oxygen atoms in total. The fourth-order valence-corrected chi connectivity index (χ4v) is 3.21. The van der Waals surface area contributed by atoms with Gasteiger partial charge in [0.15, 0.2) is 5.13 Å². The van der Waals surface area contributed by atoms with E-state index < -0.39 is 0 Å². The number of nitrogens with zero attached hydrogens (tertiary/aromatic N) is 2. The Morgan fingerprint density at radius 2 is 2.50 bits per heavy atom. The zero-order chi connectivity index (χ0) is 14.2. The van der Waals surface area contributed by atoms with Crippen LogP contribution >= 0.6 is 11.3 Å². The molecule has 20 heavy (non-hydrogen) atoms. The summed E-state index contributed by atoms with van der Waals surface area (Å²) < 4.78 is 10.5. The Hall–Kier alpha value is -0.690. The van der Waals surface area contributed by atoms with Gasteiger partial charge in [-0.15, -0.1) is 11.3 Å². The number of ether oxygens (including phenoxy) is 2. The van der Waals surface area contributed by atoms with Crippen LogP contribution in [-0.4, -0.2) is 52.1 Å². The van der Waals surface area contributed by atoms with Gasteiger partial charge in [0.1, 0.15) is 0 Å². The summed E-state index contributed by atoms with van der Waals surface area (Å²) in [7, 11) is 3.84. The summed E-state index contributed by atoms with van der Waals surface area (Å²) in [6.07, 6.45) is 4.42. The van der Waals surface area contributed by atoms with Crippen molar-refractivity contribution in [1.29, 1.82) is 0 Å². The van der Waals surface area contributed by atoms with Gasteiger partial charge in [-0.1, -0.05) is 0 Å². The van der Waals surface area contributed by atoms with Gasteiger partial charge in [0.05, 0.1) is 13.2 Å². The van der Waals surface area contributed by atoms with Gasteiger partial charge >= 0.3 is 0 Å². The molecule has 1 aromatic heterocycles. The lowest BCUT2D eigenvalue weighted by Gasteiger charge is -2.26. The molecule has 1 fully saturated rings. The zero-order valence-corrected chi connectivity index (χ0v) is 13.2. The maximum absolute atomic E-state index is 5.53. The van der Waals surface area contributed by atoms with Gasteiger partial charge in [0.25, 0.3) is 0 Å². The van der Waals surface area contributed by atoms with Crippen molar-refractivity contribution in [3.8, 4) is 0 Å². The molecule has 1 saturated heterocycles. The Balaban J connectivity index is 1.75. The minimum Gasteiger partial charge on any atom is -0.383 e. The van der Waals surface area contributed by atoms with E-state index in [1.165, 1.54) is 17.7 Å². The van der Waals surface area contributed by atoms with Gasteiger partial charge < -0.3 is 19.7 Å². The van der Waals surface area contributed by atoms with Crippen LogP contribution in [0, 0.1) is 5.92 Å². The van der Waals surface area contributed by atoms with Crippen LogP contribution in [0.25, 0.3) is 0 Å². The number of nitrogens with one attached hydrogen (secondary N) is 1. The van der Waals surface area contributed by atoms with Gasteiger partial charge in [-0.05, 0) is 18.8 Å². The number of hydrogen-bond donors (Lipinski definition) is 1. The zero-order valence-electron chi connectivity index (χ0n) is 12.4. The van der Waals surface area contributed by atoms with Gasteiger partial charge in [0.2, 0.25) is 0 Å². The lowest BCUT2D eigenvalue weighted by atomic mass is 10.0. The fourth-order valence-electron chi connectivity index (χ4n) is 2.36. The highest BCUT2D eigenvalue weighted by Gasteiger charge is 2.17. The Labute approximate surface area is 125 Å². The Kier molecular flexibility index (Phi) is 6.72. The van der Waals surface area contributed by atoms with Crippen LogP contribution in [0.15, 0.2) is 6.20 Å². The number of methoxy groups -OCH3 is 1. The number of anilines is 1. The molecule has 0 aliphatic carbocycles. The summed E-state index contributed by atoms with van der Waals surface area (Å²) >= 11 is 1.76. The second-order valence-electron chi connectivity index (χ2n) is 5.24. The van der Waals surface area contributed by atoms with E-state index in [-0.39, 0.29) is 0 Å². The van der Waals surface area contributed by atoms with Crippen LogP contribution in [0.1, 0.15) is 17.7 Å². The van der Waals surface area contributed by atoms with Crippen LogP contribution < -0.4 is 10.2 Å². The van der Waals surface area contributed by atoms with Crippen molar-refractivity contribution in [2.45, 2.75) is 19.4 Å². The summed E-state index contributed by atoms with van der Waals surface area (Å²) in [6.45, 7) is 5.33. The molecule has 2 heterocycles. The van der Waals surface area contributed by atoms with Crippen LogP contribution in [0.4, 0.5) is 5.13 Å². The van der Waals surface area contributed by atoms with Crippen LogP contribution in [-0.2, 0) is 16.0 Å². The molecule has 0 spiro atoms. The number of aromatic nitrogens is 1. The topological polar surface area (TPSA) is 46.6 Å². The molecule has 0 bridgehead atoms. The molecular weight excluding hydrogens is 274 g/mol. The third-order valence-electron chi connectivity index (χ3n) is 3.44. The third-order valence-corrected chi connectivity index (χ3v) is 4.55. The summed E-state index contributed by atoms with van der Waals surface area (Å²) in [4.78, 5) is 8.03. The number of hydrogen-bond acceptors (Lipinski definition) is 6. The van der Waals surface area contributed by atoms with Gasteiger partial charge in [-0.2, -0.15) is 0 Å². The second kappa shape index (κ2) is 8.56. The minimum absolute atomic E-state index is 0.640. The largest absolute Gasteiger partial charge is 0.383 e. The second-order valence-corrected chi connectivity index (χ2v) is 6.34. The summed E-state index contributed by atoms with van der Waals surface area (Å²) in [5.41, 5.74) is 0. The molecule has 0 saturated carbocycles. The molecule has 1 aliphatic rings. The monoisotopic (exact) mass is 299 g/mol. The summed E-state index contributed by atoms with van der Waals surface area (Å²) in [5.74, 6) is 0.640. The average Bonchev–Trinajstić information content (AvgIpc) is 2.94. The Morgan fingerprint density at radius 1 is 1.60 bits per heavy atom. The summed E-state index contributed by atoms with van der Waals surface area (Å²) in [6, 6.07) is 0. The van der Waals surface area contributed by atoms with Crippen molar-refractivity contribution in [3.05, 3.63) is 11.1 Å². The minimum atomic E-state index is 0.640. The molecular formula is C14H25N3O2S. The van der Waals surface area contributed by atoms with E-state index in [0.717, 1.165) is 44.6 Å². The van der Waals surface area contributed by atoms with E-state index in [4.69, 9.17) is 9.47 Å². The molecule has 1 aliphatic heterocycles. The predicted molar refractivity (Wildman–Crippen MR) is 82.5 cm³/mol. The molecule has 0 aromatic carbocycles. The smallest absolute Gasteiger partial charge is 0.185 e. The lowest BCUT2D eigenvalue weighted by Crippen LogP contribution is -2.30. The predicted octanol–water partition coefficient (Wildman–Crippen LogP) is 1.74. The first-order valence-corrected chi connectivity index (χ1v) is 8.04. The van der Waals surface area contributed by atoms with Crippen LogP contribution in [0.2, 0.25) is 0 Å². The van der Waals surface area contributed by atoms with Crippen molar-refractivity contribution < 1.29 is 9.47 Å². The van der Waals surface area contributed by atoms with Gasteiger partial charge in [-0.3, -0.25) is 0 Å². The average molecular weight is 299 g/mol. The first-order valence-electron chi connectivity index (χ1n) is 7.23. The van der Waals surface area contributed by atoms with E-state index in [9.17, 15) is 0 Å². The van der Waals surface area contributed by atoms with Crippen molar-refractivity contribution >= 4 is 16.5 Å². The molecule has 0 amide bonds. The van der Waals surface area contributed by atoms with Crippen LogP contribution in [0.3, 0.4) is 0 Å². The van der Waals surface area contributed by atoms with Crippen LogP contribution in [0.5, 0.6) is 0 Å². The van der Waals surface area contributed by atoms with E-state index in [1.807, 2.05) is 6.20 Å². The standard InChI is InChI=1S/C14H25N3O2S/c1-17(10-12-4-3-6-19-11-12)14-16-9-13(20-14)8-15-5-7-18-2/h9,12,15H,3-8,10-11H2,1-2H3. The quantitative estimate of drug-likeness (QED) is 0.741. The fraction of sp³-hybridized carbons (Fsp3) is 0.786. The van der Waals surface area contributed by atoms with E-state index in [1.54, 1.807) is 18.4 Å². The van der Waals surface area contributed by atoms with E-state index in [0.29, 0.717) is 5.92 Å². The summed E-state index contributed by atoms with van der Waals surface area (Å²) in [5, 5.41) is 4.44. The Bertz CT molecular complexity index is 380. The first-order chi connectivity index (χ1) is 9.79. The van der Waals surface area contributed by atoms with Crippen molar-refractivity contribution in [2.24, 2.45) is 5.92 Å². The van der Waals surface area contributed by atoms with E-state index in [2.05, 4.69) is 22.2 Å². The highest BCUT2D eigenvalue weighted by molar-refractivity contribution is 7.15. The molecule has 1 unspecified atom stereocenters. The first kappa shape index (κ1) is 15.7. The molecule has 6 heteroatoms. The maximum atomic E-state index is 5.53. The van der Waals surface area contributed by atoms with Crippen molar-refractivity contribution in [1.82, 2.24) is 10.3 Å². The molecule has 1 atom stereocenters. The Morgan fingerprint density at radius 3 is 3.25 bits per heavy atom. The van der Waals surface area contributed by atoms with Gasteiger partial charge in [0, 0.05) is 51.5 Å². The molecule has 1 aromatic rings. The lowest BCUT2D eigenvalue weighted by molar-refractivity contribution is 0.0576. The normalized spacial score (nSPS) is 19.2. The van der Waals surface area contributed by atoms with Gasteiger partial charge in [-0.25, -0.2) is 4.98 Å². The highest BCUT2D eigenvalue weighted by atomic mass is 32.1. The third kappa shape index (κ3) is 5.01. The molecule has 1 N–H and O–H groups in total. The SMILES string of the molecule is COCCNCc1cnc(N(C)CC2CCCOC2)s1. The highest BCUT2D eigenvalue weighted by Crippen LogP contribution is 2.23. The molecule has 2 rings (SSSR count). The number of rotatable bonds is 8. The van der Waals surface area contributed by atoms with E-state index >= 15 is 0 Å². The molecule has 0 radical (unpaired) electrons. The molecule has 114 valence electrons. The van der Waals surface area contributed by atoms with Crippen molar-refractivity contribution in [2.75, 3.05) is 52.0 Å².